The molecule has 0 aromatic carbocycles. The number of carbonyl (C=O) groups excluding carboxylic acids is 2. The third-order valence-corrected chi connectivity index (χ3v) is 9.03. The first-order chi connectivity index (χ1) is 15.6. The molecule has 2 amide bonds. The predicted molar refractivity (Wildman–Crippen MR) is 137 cm³/mol. The van der Waals surface area contributed by atoms with Gasteiger partial charge in [-0.25, -0.2) is 4.79 Å². The van der Waals surface area contributed by atoms with Gasteiger partial charge in [0.1, 0.15) is 5.00 Å². The lowest BCUT2D eigenvalue weighted by Crippen LogP contribution is -2.37. The molecule has 180 valence electrons. The Morgan fingerprint density at radius 2 is 1.85 bits per heavy atom. The number of ether oxygens (including phenoxy) is 1. The van der Waals surface area contributed by atoms with Crippen molar-refractivity contribution in [3.05, 3.63) is 32.0 Å². The molecule has 3 N–H and O–H groups in total. The van der Waals surface area contributed by atoms with Crippen LogP contribution in [0.2, 0.25) is 0 Å². The minimum absolute atomic E-state index is 0. The van der Waals surface area contributed by atoms with Gasteiger partial charge in [-0.05, 0) is 56.7 Å². The quantitative estimate of drug-likeness (QED) is 0.527. The predicted octanol–water partition coefficient (Wildman–Crippen LogP) is 4.12. The lowest BCUT2D eigenvalue weighted by atomic mass is 9.94. The summed E-state index contributed by atoms with van der Waals surface area (Å²) < 4.78 is 5.54. The Hall–Kier alpha value is -1.65. The van der Waals surface area contributed by atoms with E-state index in [4.69, 9.17) is 4.74 Å². The first kappa shape index (κ1) is 24.5. The zero-order valence-corrected chi connectivity index (χ0v) is 21.3. The van der Waals surface area contributed by atoms with Crippen LogP contribution < -0.4 is 20.9 Å². The molecule has 2 aromatic heterocycles. The maximum absolute atomic E-state index is 12.9. The average molecular weight is 511 g/mol. The fourth-order valence-electron chi connectivity index (χ4n) is 4.93. The number of nitrogens with zero attached hydrogens (tertiary/aromatic N) is 1. The molecular weight excluding hydrogens is 480 g/mol. The molecular formula is C23H31ClN4O3S2. The van der Waals surface area contributed by atoms with Crippen molar-refractivity contribution in [1.82, 2.24) is 10.6 Å². The van der Waals surface area contributed by atoms with Gasteiger partial charge in [0.15, 0.2) is 5.78 Å². The topological polar surface area (TPSA) is 82.7 Å². The number of amides is 2. The minimum Gasteiger partial charge on any atom is -0.378 e. The first-order valence-corrected chi connectivity index (χ1v) is 13.1. The number of morpholine rings is 1. The monoisotopic (exact) mass is 510 g/mol. The maximum Gasteiger partial charge on any atom is 0.320 e. The summed E-state index contributed by atoms with van der Waals surface area (Å²) in [5, 5.41) is 11.5. The molecule has 1 fully saturated rings. The molecule has 5 rings (SSSR count). The van der Waals surface area contributed by atoms with E-state index in [-0.39, 0.29) is 24.2 Å². The molecule has 1 saturated heterocycles. The number of hydrogen-bond donors (Lipinski definition) is 3. The van der Waals surface area contributed by atoms with Gasteiger partial charge >= 0.3 is 6.03 Å². The van der Waals surface area contributed by atoms with Gasteiger partial charge in [-0.15, -0.1) is 35.1 Å². The lowest BCUT2D eigenvalue weighted by Gasteiger charge is -2.29. The van der Waals surface area contributed by atoms with Crippen LogP contribution in [0.5, 0.6) is 0 Å². The summed E-state index contributed by atoms with van der Waals surface area (Å²) >= 11 is 3.41. The van der Waals surface area contributed by atoms with E-state index < -0.39 is 0 Å². The Kier molecular flexibility index (Phi) is 7.96. The van der Waals surface area contributed by atoms with E-state index in [2.05, 4.69) is 20.9 Å². The standard InChI is InChI=1S/C23H30N4O3S2.ClH/c1-14(28)20-16-4-2-3-5-18(16)31-21(20)26-23(29)25-12-17-15-6-7-24-13-19(15)32-22(17)27-8-10-30-11-9-27;/h24H,2-13H2,1H3,(H2,25,26,29);1H. The lowest BCUT2D eigenvalue weighted by molar-refractivity contribution is 0.101. The van der Waals surface area contributed by atoms with Crippen molar-refractivity contribution in [3.63, 3.8) is 0 Å². The fraction of sp³-hybridized carbons (Fsp3) is 0.565. The average Bonchev–Trinajstić information content (AvgIpc) is 3.36. The number of fused-ring (bicyclic) bond motifs is 2. The van der Waals surface area contributed by atoms with Crippen molar-refractivity contribution >= 4 is 56.9 Å². The molecule has 0 atom stereocenters. The van der Waals surface area contributed by atoms with Crippen LogP contribution in [-0.2, 0) is 37.1 Å². The largest absolute Gasteiger partial charge is 0.378 e. The summed E-state index contributed by atoms with van der Waals surface area (Å²) in [5.74, 6) is 0.0358. The molecule has 0 saturated carbocycles. The van der Waals surface area contributed by atoms with Gasteiger partial charge in [-0.2, -0.15) is 0 Å². The molecule has 0 unspecified atom stereocenters. The highest BCUT2D eigenvalue weighted by molar-refractivity contribution is 7.17. The molecule has 2 aromatic rings. The summed E-state index contributed by atoms with van der Waals surface area (Å²) in [6.07, 6.45) is 5.18. The summed E-state index contributed by atoms with van der Waals surface area (Å²) in [6.45, 7) is 7.20. The summed E-state index contributed by atoms with van der Waals surface area (Å²) in [4.78, 5) is 30.2. The molecule has 0 radical (unpaired) electrons. The van der Waals surface area contributed by atoms with Crippen molar-refractivity contribution in [3.8, 4) is 0 Å². The van der Waals surface area contributed by atoms with Gasteiger partial charge in [0, 0.05) is 41.5 Å². The van der Waals surface area contributed by atoms with Gasteiger partial charge in [-0.1, -0.05) is 0 Å². The Labute approximate surface area is 208 Å². The van der Waals surface area contributed by atoms with E-state index in [9.17, 15) is 9.59 Å². The molecule has 3 aliphatic rings. The van der Waals surface area contributed by atoms with Gasteiger partial charge in [0.05, 0.1) is 23.8 Å². The van der Waals surface area contributed by atoms with E-state index >= 15 is 0 Å². The van der Waals surface area contributed by atoms with Crippen LogP contribution in [0.15, 0.2) is 0 Å². The SMILES string of the molecule is CC(=O)c1c(NC(=O)NCc2c(N3CCOCC3)sc3c2CCNC3)sc2c1CCCC2.Cl. The van der Waals surface area contributed by atoms with Crippen LogP contribution in [0.3, 0.4) is 0 Å². The van der Waals surface area contributed by atoms with Crippen molar-refractivity contribution in [2.45, 2.75) is 52.1 Å². The molecule has 33 heavy (non-hydrogen) atoms. The van der Waals surface area contributed by atoms with E-state index in [0.717, 1.165) is 77.1 Å². The Morgan fingerprint density at radius 1 is 1.06 bits per heavy atom. The van der Waals surface area contributed by atoms with Crippen LogP contribution in [0, 0.1) is 0 Å². The fourth-order valence-corrected chi connectivity index (χ4v) is 7.65. The van der Waals surface area contributed by atoms with Crippen molar-refractivity contribution in [2.24, 2.45) is 0 Å². The highest BCUT2D eigenvalue weighted by Gasteiger charge is 2.27. The van der Waals surface area contributed by atoms with Crippen LogP contribution in [0.1, 0.15) is 56.6 Å². The number of hydrogen-bond acceptors (Lipinski definition) is 7. The number of urea groups is 1. The van der Waals surface area contributed by atoms with Gasteiger partial charge in [0.2, 0.25) is 0 Å². The minimum atomic E-state index is -0.243. The zero-order valence-electron chi connectivity index (χ0n) is 18.9. The van der Waals surface area contributed by atoms with Crippen molar-refractivity contribution in [1.29, 1.82) is 0 Å². The second-order valence-electron chi connectivity index (χ2n) is 8.59. The summed E-state index contributed by atoms with van der Waals surface area (Å²) in [7, 11) is 0. The molecule has 7 nitrogen and oxygen atoms in total. The first-order valence-electron chi connectivity index (χ1n) is 11.5. The zero-order chi connectivity index (χ0) is 22.1. The molecule has 10 heteroatoms. The maximum atomic E-state index is 12.9. The Morgan fingerprint density at radius 3 is 2.64 bits per heavy atom. The third kappa shape index (κ3) is 5.07. The van der Waals surface area contributed by atoms with Gasteiger partial charge in [-0.3, -0.25) is 10.1 Å². The highest BCUT2D eigenvalue weighted by atomic mass is 35.5. The van der Waals surface area contributed by atoms with Crippen molar-refractivity contribution in [2.75, 3.05) is 43.1 Å². The van der Waals surface area contributed by atoms with E-state index in [0.29, 0.717) is 17.1 Å². The second-order valence-corrected chi connectivity index (χ2v) is 10.8. The van der Waals surface area contributed by atoms with Crippen LogP contribution in [0.25, 0.3) is 0 Å². The van der Waals surface area contributed by atoms with E-state index in [1.807, 2.05) is 11.3 Å². The second kappa shape index (κ2) is 10.7. The van der Waals surface area contributed by atoms with Gasteiger partial charge < -0.3 is 20.3 Å². The number of Topliss-reactive ketones (excluding diaryl/α,β-unsaturated/α-hetero) is 1. The van der Waals surface area contributed by atoms with Crippen molar-refractivity contribution < 1.29 is 14.3 Å². The number of thiophene rings is 2. The number of nitrogens with one attached hydrogen (secondary N) is 3. The normalized spacial score (nSPS) is 17.5. The van der Waals surface area contributed by atoms with Crippen LogP contribution >= 0.6 is 35.1 Å². The smallest absolute Gasteiger partial charge is 0.320 e. The third-order valence-electron chi connectivity index (χ3n) is 6.49. The molecule has 0 spiro atoms. The number of rotatable bonds is 5. The highest BCUT2D eigenvalue weighted by Crippen LogP contribution is 2.39. The van der Waals surface area contributed by atoms with E-state index in [1.54, 1.807) is 18.3 Å². The Balaban J connectivity index is 0.00000259. The van der Waals surface area contributed by atoms with Crippen LogP contribution in [0.4, 0.5) is 14.8 Å². The summed E-state index contributed by atoms with van der Waals surface area (Å²) in [5.41, 5.74) is 4.48. The number of aryl methyl sites for hydroxylation is 1. The summed E-state index contributed by atoms with van der Waals surface area (Å²) in [6, 6.07) is -0.243. The number of carbonyl (C=O) groups is 2. The van der Waals surface area contributed by atoms with Crippen LogP contribution in [-0.4, -0.2) is 44.7 Å². The van der Waals surface area contributed by atoms with E-state index in [1.165, 1.54) is 25.9 Å². The molecule has 4 heterocycles. The number of anilines is 2. The number of halogens is 1. The molecule has 2 aliphatic heterocycles. The van der Waals surface area contributed by atoms with Gasteiger partial charge in [0.25, 0.3) is 0 Å². The Bertz CT molecular complexity index is 1030. The molecule has 1 aliphatic carbocycles. The number of ketones is 1. The molecule has 0 bridgehead atoms.